The molecule has 1 aliphatic rings. The predicted molar refractivity (Wildman–Crippen MR) is 92.5 cm³/mol. The molecule has 1 aliphatic heterocycles. The normalized spacial score (nSPS) is 21.0. The largest absolute Gasteiger partial charge is 0.372 e. The summed E-state index contributed by atoms with van der Waals surface area (Å²) in [5.41, 5.74) is 2.94. The summed E-state index contributed by atoms with van der Waals surface area (Å²) in [6.45, 7) is 5.22. The standard InChI is InChI=1S/C19H22N2O2/c1-14-12-21(13-15(2)23-14)19(22)20-18-11-7-6-10-17(18)16-8-4-3-5-9-16/h3-11,14-15H,12-13H2,1-2H3,(H,20,22). The lowest BCUT2D eigenvalue weighted by molar-refractivity contribution is -0.0530. The monoisotopic (exact) mass is 310 g/mol. The average molecular weight is 310 g/mol. The van der Waals surface area contributed by atoms with Gasteiger partial charge in [0.2, 0.25) is 0 Å². The quantitative estimate of drug-likeness (QED) is 0.911. The SMILES string of the molecule is CC1CN(C(=O)Nc2ccccc2-c2ccccc2)CC(C)O1. The van der Waals surface area contributed by atoms with Gasteiger partial charge in [-0.1, -0.05) is 48.5 Å². The third-order valence-corrected chi connectivity index (χ3v) is 3.96. The molecule has 2 unspecified atom stereocenters. The first-order valence-electron chi connectivity index (χ1n) is 7.99. The van der Waals surface area contributed by atoms with Crippen molar-refractivity contribution in [3.8, 4) is 11.1 Å². The van der Waals surface area contributed by atoms with Crippen LogP contribution in [0.2, 0.25) is 0 Å². The topological polar surface area (TPSA) is 41.6 Å². The summed E-state index contributed by atoms with van der Waals surface area (Å²) in [5.74, 6) is 0. The summed E-state index contributed by atoms with van der Waals surface area (Å²) in [5, 5.41) is 3.05. The zero-order valence-electron chi connectivity index (χ0n) is 13.5. The summed E-state index contributed by atoms with van der Waals surface area (Å²) in [6, 6.07) is 17.9. The van der Waals surface area contributed by atoms with Crippen LogP contribution in [0.15, 0.2) is 54.6 Å². The van der Waals surface area contributed by atoms with Gasteiger partial charge in [-0.15, -0.1) is 0 Å². The Morgan fingerprint density at radius 2 is 1.61 bits per heavy atom. The third-order valence-electron chi connectivity index (χ3n) is 3.96. The molecule has 2 aromatic rings. The van der Waals surface area contributed by atoms with Crippen molar-refractivity contribution in [1.82, 2.24) is 4.90 Å². The van der Waals surface area contributed by atoms with Crippen LogP contribution in [0, 0.1) is 0 Å². The number of nitrogens with one attached hydrogen (secondary N) is 1. The van der Waals surface area contributed by atoms with Crippen LogP contribution in [0.3, 0.4) is 0 Å². The van der Waals surface area contributed by atoms with Crippen molar-refractivity contribution in [2.45, 2.75) is 26.1 Å². The highest BCUT2D eigenvalue weighted by molar-refractivity contribution is 5.94. The van der Waals surface area contributed by atoms with E-state index in [1.54, 1.807) is 0 Å². The van der Waals surface area contributed by atoms with E-state index in [0.29, 0.717) is 13.1 Å². The van der Waals surface area contributed by atoms with Gasteiger partial charge < -0.3 is 15.0 Å². The van der Waals surface area contributed by atoms with E-state index in [-0.39, 0.29) is 18.2 Å². The lowest BCUT2D eigenvalue weighted by atomic mass is 10.0. The lowest BCUT2D eigenvalue weighted by Crippen LogP contribution is -2.49. The van der Waals surface area contributed by atoms with E-state index in [4.69, 9.17) is 4.74 Å². The second kappa shape index (κ2) is 6.84. The zero-order chi connectivity index (χ0) is 16.2. The van der Waals surface area contributed by atoms with Crippen LogP contribution in [0.1, 0.15) is 13.8 Å². The van der Waals surface area contributed by atoms with E-state index in [2.05, 4.69) is 5.32 Å². The Morgan fingerprint density at radius 3 is 2.30 bits per heavy atom. The number of hydrogen-bond acceptors (Lipinski definition) is 2. The van der Waals surface area contributed by atoms with Crippen LogP contribution in [0.25, 0.3) is 11.1 Å². The van der Waals surface area contributed by atoms with Gasteiger partial charge in [0.05, 0.1) is 17.9 Å². The predicted octanol–water partition coefficient (Wildman–Crippen LogP) is 3.99. The summed E-state index contributed by atoms with van der Waals surface area (Å²) >= 11 is 0. The maximum absolute atomic E-state index is 12.6. The highest BCUT2D eigenvalue weighted by Gasteiger charge is 2.26. The Balaban J connectivity index is 1.79. The number of hydrogen-bond donors (Lipinski definition) is 1. The number of para-hydroxylation sites is 1. The number of urea groups is 1. The van der Waals surface area contributed by atoms with Gasteiger partial charge in [-0.25, -0.2) is 4.79 Å². The molecule has 1 fully saturated rings. The van der Waals surface area contributed by atoms with Crippen molar-refractivity contribution in [1.29, 1.82) is 0 Å². The van der Waals surface area contributed by atoms with Crippen molar-refractivity contribution < 1.29 is 9.53 Å². The summed E-state index contributed by atoms with van der Waals surface area (Å²) < 4.78 is 5.69. The molecule has 23 heavy (non-hydrogen) atoms. The molecule has 1 saturated heterocycles. The molecule has 3 rings (SSSR count). The molecule has 2 amide bonds. The molecule has 0 radical (unpaired) electrons. The molecular weight excluding hydrogens is 288 g/mol. The summed E-state index contributed by atoms with van der Waals surface area (Å²) in [6.07, 6.45) is 0.128. The molecule has 2 aromatic carbocycles. The molecule has 4 heteroatoms. The van der Waals surface area contributed by atoms with Crippen LogP contribution in [0.5, 0.6) is 0 Å². The maximum atomic E-state index is 12.6. The Kier molecular flexibility index (Phi) is 4.63. The molecule has 0 saturated carbocycles. The second-order valence-electron chi connectivity index (χ2n) is 6.00. The van der Waals surface area contributed by atoms with E-state index in [0.717, 1.165) is 16.8 Å². The molecule has 120 valence electrons. The molecular formula is C19H22N2O2. The van der Waals surface area contributed by atoms with Crippen molar-refractivity contribution in [3.63, 3.8) is 0 Å². The fourth-order valence-corrected chi connectivity index (χ4v) is 3.00. The Labute approximate surface area is 137 Å². The lowest BCUT2D eigenvalue weighted by Gasteiger charge is -2.35. The van der Waals surface area contributed by atoms with Gasteiger partial charge in [0.15, 0.2) is 0 Å². The molecule has 0 bridgehead atoms. The first kappa shape index (κ1) is 15.6. The molecule has 1 heterocycles. The molecule has 4 nitrogen and oxygen atoms in total. The van der Waals surface area contributed by atoms with Crippen LogP contribution < -0.4 is 5.32 Å². The third kappa shape index (κ3) is 3.71. The van der Waals surface area contributed by atoms with E-state index in [1.807, 2.05) is 73.3 Å². The molecule has 0 aliphatic carbocycles. The van der Waals surface area contributed by atoms with E-state index < -0.39 is 0 Å². The van der Waals surface area contributed by atoms with Crippen LogP contribution >= 0.6 is 0 Å². The average Bonchev–Trinajstić information content (AvgIpc) is 2.55. The minimum atomic E-state index is -0.0737. The number of rotatable bonds is 2. The van der Waals surface area contributed by atoms with Crippen LogP contribution in [-0.4, -0.2) is 36.2 Å². The van der Waals surface area contributed by atoms with E-state index >= 15 is 0 Å². The minimum absolute atomic E-state index is 0.0638. The van der Waals surface area contributed by atoms with E-state index in [9.17, 15) is 4.79 Å². The first-order valence-corrected chi connectivity index (χ1v) is 7.99. The Morgan fingerprint density at radius 1 is 1.00 bits per heavy atom. The number of amides is 2. The molecule has 0 aromatic heterocycles. The number of ether oxygens (including phenoxy) is 1. The van der Waals surface area contributed by atoms with Crippen molar-refractivity contribution in [2.24, 2.45) is 0 Å². The number of anilines is 1. The van der Waals surface area contributed by atoms with Crippen molar-refractivity contribution in [2.75, 3.05) is 18.4 Å². The maximum Gasteiger partial charge on any atom is 0.322 e. The first-order chi connectivity index (χ1) is 11.1. The molecule has 1 N–H and O–H groups in total. The highest BCUT2D eigenvalue weighted by atomic mass is 16.5. The number of benzene rings is 2. The second-order valence-corrected chi connectivity index (χ2v) is 6.00. The fourth-order valence-electron chi connectivity index (χ4n) is 3.00. The number of morpholine rings is 1. The zero-order valence-corrected chi connectivity index (χ0v) is 13.5. The fraction of sp³-hybridized carbons (Fsp3) is 0.316. The van der Waals surface area contributed by atoms with Crippen molar-refractivity contribution >= 4 is 11.7 Å². The van der Waals surface area contributed by atoms with Gasteiger partial charge >= 0.3 is 6.03 Å². The highest BCUT2D eigenvalue weighted by Crippen LogP contribution is 2.28. The number of carbonyl (C=O) groups excluding carboxylic acids is 1. The van der Waals surface area contributed by atoms with Crippen molar-refractivity contribution in [3.05, 3.63) is 54.6 Å². The summed E-state index contributed by atoms with van der Waals surface area (Å²) in [4.78, 5) is 14.4. The Hall–Kier alpha value is -2.33. The molecule has 0 spiro atoms. The van der Waals surface area contributed by atoms with Gasteiger partial charge in [0.25, 0.3) is 0 Å². The minimum Gasteiger partial charge on any atom is -0.372 e. The number of carbonyl (C=O) groups is 1. The van der Waals surface area contributed by atoms with Gasteiger partial charge in [-0.3, -0.25) is 0 Å². The number of nitrogens with zero attached hydrogens (tertiary/aromatic N) is 1. The summed E-state index contributed by atoms with van der Waals surface area (Å²) in [7, 11) is 0. The van der Waals surface area contributed by atoms with Gasteiger partial charge in [-0.2, -0.15) is 0 Å². The molecule has 2 atom stereocenters. The smallest absolute Gasteiger partial charge is 0.322 e. The van der Waals surface area contributed by atoms with Gasteiger partial charge in [0.1, 0.15) is 0 Å². The van der Waals surface area contributed by atoms with E-state index in [1.165, 1.54) is 0 Å². The van der Waals surface area contributed by atoms with Crippen LogP contribution in [0.4, 0.5) is 10.5 Å². The van der Waals surface area contributed by atoms with Crippen LogP contribution in [-0.2, 0) is 4.74 Å². The van der Waals surface area contributed by atoms with Gasteiger partial charge in [0, 0.05) is 18.7 Å². The Bertz CT molecular complexity index is 662. The van der Waals surface area contributed by atoms with Gasteiger partial charge in [-0.05, 0) is 25.5 Å².